The number of carbonyl (C=O) groups excluding carboxylic acids is 2. The summed E-state index contributed by atoms with van der Waals surface area (Å²) in [6, 6.07) is 7.62. The standard InChI is InChI=1S/C19H23N3O3S/c1-13-14-4-2-3-5-16(14)26-17(13)19(24)22-7-6-20-12-15(22)18(23)21-8-10-25-11-9-21/h2-5,15,20H,6-12H2,1H3/t15-/m0/s1. The van der Waals surface area contributed by atoms with Gasteiger partial charge in [-0.2, -0.15) is 0 Å². The summed E-state index contributed by atoms with van der Waals surface area (Å²) in [4.78, 5) is 30.6. The van der Waals surface area contributed by atoms with Gasteiger partial charge < -0.3 is 19.9 Å². The molecule has 1 atom stereocenters. The van der Waals surface area contributed by atoms with Crippen LogP contribution in [0.15, 0.2) is 24.3 Å². The third-order valence-corrected chi connectivity index (χ3v) is 6.41. The van der Waals surface area contributed by atoms with Crippen LogP contribution in [0.4, 0.5) is 0 Å². The topological polar surface area (TPSA) is 61.9 Å². The van der Waals surface area contributed by atoms with Gasteiger partial charge in [-0.25, -0.2) is 0 Å². The quantitative estimate of drug-likeness (QED) is 0.866. The summed E-state index contributed by atoms with van der Waals surface area (Å²) >= 11 is 1.52. The SMILES string of the molecule is Cc1c(C(=O)N2CCNC[C@H]2C(=O)N2CCOCC2)sc2ccccc12. The van der Waals surface area contributed by atoms with E-state index >= 15 is 0 Å². The van der Waals surface area contributed by atoms with Crippen LogP contribution in [0.25, 0.3) is 10.1 Å². The van der Waals surface area contributed by atoms with Crippen LogP contribution in [0.1, 0.15) is 15.2 Å². The molecule has 0 radical (unpaired) electrons. The van der Waals surface area contributed by atoms with E-state index in [2.05, 4.69) is 5.32 Å². The molecule has 0 bridgehead atoms. The molecule has 1 N–H and O–H groups in total. The Morgan fingerprint density at radius 3 is 2.73 bits per heavy atom. The van der Waals surface area contributed by atoms with Gasteiger partial charge in [0, 0.05) is 37.4 Å². The van der Waals surface area contributed by atoms with E-state index in [1.165, 1.54) is 11.3 Å². The van der Waals surface area contributed by atoms with Gasteiger partial charge in [0.1, 0.15) is 6.04 Å². The summed E-state index contributed by atoms with van der Waals surface area (Å²) in [5.74, 6) is -0.00979. The highest BCUT2D eigenvalue weighted by atomic mass is 32.1. The second-order valence-corrected chi connectivity index (χ2v) is 7.76. The van der Waals surface area contributed by atoms with Gasteiger partial charge in [-0.1, -0.05) is 18.2 Å². The van der Waals surface area contributed by atoms with Crippen molar-refractivity contribution >= 4 is 33.2 Å². The van der Waals surface area contributed by atoms with Crippen LogP contribution < -0.4 is 5.32 Å². The number of ether oxygens (including phenoxy) is 1. The first kappa shape index (κ1) is 17.5. The number of nitrogens with one attached hydrogen (secondary N) is 1. The van der Waals surface area contributed by atoms with Gasteiger partial charge in [-0.05, 0) is 23.9 Å². The van der Waals surface area contributed by atoms with Crippen LogP contribution in [0.5, 0.6) is 0 Å². The predicted octanol–water partition coefficient (Wildman–Crippen LogP) is 1.48. The first-order chi connectivity index (χ1) is 12.7. The second kappa shape index (κ2) is 7.34. The van der Waals surface area contributed by atoms with Crippen molar-refractivity contribution in [1.29, 1.82) is 0 Å². The van der Waals surface area contributed by atoms with E-state index in [-0.39, 0.29) is 11.8 Å². The Morgan fingerprint density at radius 1 is 1.19 bits per heavy atom. The van der Waals surface area contributed by atoms with E-state index in [1.807, 2.05) is 36.1 Å². The zero-order valence-corrected chi connectivity index (χ0v) is 15.7. The number of carbonyl (C=O) groups is 2. The monoisotopic (exact) mass is 373 g/mol. The van der Waals surface area contributed by atoms with E-state index in [1.54, 1.807) is 4.90 Å². The largest absolute Gasteiger partial charge is 0.378 e. The minimum absolute atomic E-state index is 0.0209. The van der Waals surface area contributed by atoms with Crippen LogP contribution >= 0.6 is 11.3 Å². The van der Waals surface area contributed by atoms with Crippen molar-refractivity contribution in [2.24, 2.45) is 0 Å². The fourth-order valence-electron chi connectivity index (χ4n) is 3.67. The summed E-state index contributed by atoms with van der Waals surface area (Å²) in [6.45, 7) is 6.08. The maximum absolute atomic E-state index is 13.3. The first-order valence-corrected chi connectivity index (χ1v) is 9.85. The molecule has 2 aliphatic heterocycles. The minimum atomic E-state index is -0.445. The number of fused-ring (bicyclic) bond motifs is 1. The van der Waals surface area contributed by atoms with Gasteiger partial charge in [-0.3, -0.25) is 9.59 Å². The van der Waals surface area contributed by atoms with Crippen LogP contribution in [0.2, 0.25) is 0 Å². The number of hydrogen-bond donors (Lipinski definition) is 1. The molecule has 2 aromatic rings. The Kier molecular flexibility index (Phi) is 4.93. The number of piperazine rings is 1. The van der Waals surface area contributed by atoms with Crippen LogP contribution in [0, 0.1) is 6.92 Å². The normalized spacial score (nSPS) is 21.2. The molecular formula is C19H23N3O3S. The maximum atomic E-state index is 13.3. The highest BCUT2D eigenvalue weighted by molar-refractivity contribution is 7.21. The Balaban J connectivity index is 1.61. The fraction of sp³-hybridized carbons (Fsp3) is 0.474. The lowest BCUT2D eigenvalue weighted by atomic mass is 10.1. The molecule has 6 nitrogen and oxygen atoms in total. The lowest BCUT2D eigenvalue weighted by Gasteiger charge is -2.39. The molecule has 1 aromatic carbocycles. The molecule has 138 valence electrons. The van der Waals surface area contributed by atoms with Crippen LogP contribution in [-0.2, 0) is 9.53 Å². The third-order valence-electron chi connectivity index (χ3n) is 5.15. The molecule has 2 saturated heterocycles. The first-order valence-electron chi connectivity index (χ1n) is 9.03. The van der Waals surface area contributed by atoms with Gasteiger partial charge in [0.25, 0.3) is 5.91 Å². The van der Waals surface area contributed by atoms with Crippen molar-refractivity contribution in [3.05, 3.63) is 34.7 Å². The van der Waals surface area contributed by atoms with E-state index in [9.17, 15) is 9.59 Å². The number of nitrogens with zero attached hydrogens (tertiary/aromatic N) is 2. The lowest BCUT2D eigenvalue weighted by Crippen LogP contribution is -2.61. The highest BCUT2D eigenvalue weighted by Gasteiger charge is 2.36. The van der Waals surface area contributed by atoms with Crippen molar-refractivity contribution in [2.75, 3.05) is 45.9 Å². The van der Waals surface area contributed by atoms with Crippen molar-refractivity contribution in [1.82, 2.24) is 15.1 Å². The third kappa shape index (κ3) is 3.11. The summed E-state index contributed by atoms with van der Waals surface area (Å²) in [5, 5.41) is 4.38. The molecular weight excluding hydrogens is 350 g/mol. The molecule has 4 rings (SSSR count). The van der Waals surface area contributed by atoms with Crippen molar-refractivity contribution in [2.45, 2.75) is 13.0 Å². The van der Waals surface area contributed by atoms with Gasteiger partial charge >= 0.3 is 0 Å². The number of morpholine rings is 1. The van der Waals surface area contributed by atoms with E-state index < -0.39 is 6.04 Å². The Labute approximate surface area is 156 Å². The predicted molar refractivity (Wildman–Crippen MR) is 102 cm³/mol. The summed E-state index contributed by atoms with van der Waals surface area (Å²) < 4.78 is 6.45. The highest BCUT2D eigenvalue weighted by Crippen LogP contribution is 2.32. The molecule has 0 saturated carbocycles. The molecule has 2 amide bonds. The van der Waals surface area contributed by atoms with Crippen molar-refractivity contribution in [3.8, 4) is 0 Å². The zero-order valence-electron chi connectivity index (χ0n) is 14.9. The number of rotatable bonds is 2. The lowest BCUT2D eigenvalue weighted by molar-refractivity contribution is -0.140. The van der Waals surface area contributed by atoms with E-state index in [0.717, 1.165) is 20.5 Å². The van der Waals surface area contributed by atoms with Crippen LogP contribution in [-0.4, -0.2) is 73.6 Å². The summed E-state index contributed by atoms with van der Waals surface area (Å²) in [5.41, 5.74) is 1.01. The van der Waals surface area contributed by atoms with E-state index in [4.69, 9.17) is 4.74 Å². The average Bonchev–Trinajstić information content (AvgIpc) is 3.04. The molecule has 2 aliphatic rings. The second-order valence-electron chi connectivity index (χ2n) is 6.71. The number of hydrogen-bond acceptors (Lipinski definition) is 5. The fourth-order valence-corrected chi connectivity index (χ4v) is 4.84. The van der Waals surface area contributed by atoms with Gasteiger partial charge in [0.05, 0.1) is 18.1 Å². The minimum Gasteiger partial charge on any atom is -0.378 e. The van der Waals surface area contributed by atoms with Gasteiger partial charge in [-0.15, -0.1) is 11.3 Å². The Hall–Kier alpha value is -1.96. The molecule has 1 aromatic heterocycles. The van der Waals surface area contributed by atoms with Crippen molar-refractivity contribution < 1.29 is 14.3 Å². The van der Waals surface area contributed by atoms with Gasteiger partial charge in [0.2, 0.25) is 5.91 Å². The smallest absolute Gasteiger partial charge is 0.265 e. The number of amides is 2. The van der Waals surface area contributed by atoms with Gasteiger partial charge in [0.15, 0.2) is 0 Å². The number of thiophene rings is 1. The molecule has 0 spiro atoms. The molecule has 0 unspecified atom stereocenters. The molecule has 2 fully saturated rings. The Bertz CT molecular complexity index is 829. The molecule has 7 heteroatoms. The summed E-state index contributed by atoms with van der Waals surface area (Å²) in [6.07, 6.45) is 0. The maximum Gasteiger partial charge on any atom is 0.265 e. The summed E-state index contributed by atoms with van der Waals surface area (Å²) in [7, 11) is 0. The average molecular weight is 373 g/mol. The molecule has 26 heavy (non-hydrogen) atoms. The molecule has 0 aliphatic carbocycles. The van der Waals surface area contributed by atoms with Crippen molar-refractivity contribution in [3.63, 3.8) is 0 Å². The Morgan fingerprint density at radius 2 is 1.96 bits per heavy atom. The van der Waals surface area contributed by atoms with E-state index in [0.29, 0.717) is 45.9 Å². The molecule has 3 heterocycles. The number of aryl methyl sites for hydroxylation is 1. The zero-order chi connectivity index (χ0) is 18.1. The number of benzene rings is 1. The van der Waals surface area contributed by atoms with Crippen LogP contribution in [0.3, 0.4) is 0 Å².